The number of methoxy groups -OCH3 is 1. The quantitative estimate of drug-likeness (QED) is 0.832. The molecule has 0 N–H and O–H groups in total. The van der Waals surface area contributed by atoms with Crippen molar-refractivity contribution in [2.75, 3.05) is 33.3 Å². The van der Waals surface area contributed by atoms with Gasteiger partial charge < -0.3 is 4.74 Å². The van der Waals surface area contributed by atoms with Crippen molar-refractivity contribution >= 4 is 11.6 Å². The van der Waals surface area contributed by atoms with E-state index < -0.39 is 0 Å². The number of benzene rings is 1. The summed E-state index contributed by atoms with van der Waals surface area (Å²) in [7, 11) is 3.65. The predicted molar refractivity (Wildman–Crippen MR) is 96.4 cm³/mol. The van der Waals surface area contributed by atoms with E-state index in [2.05, 4.69) is 27.0 Å². The fourth-order valence-electron chi connectivity index (χ4n) is 3.16. The summed E-state index contributed by atoms with van der Waals surface area (Å²) >= 11 is 6.24. The Morgan fingerprint density at radius 1 is 1.04 bits per heavy atom. The van der Waals surface area contributed by atoms with Crippen molar-refractivity contribution in [3.63, 3.8) is 0 Å². The van der Waals surface area contributed by atoms with Gasteiger partial charge in [0.15, 0.2) is 0 Å². The number of aryl methyl sites for hydroxylation is 1. The lowest BCUT2D eigenvalue weighted by atomic mass is 10.2. The fraction of sp³-hybridized carbons (Fsp3) is 0.500. The smallest absolute Gasteiger partial charge is 0.118 e. The van der Waals surface area contributed by atoms with Crippen molar-refractivity contribution in [1.29, 1.82) is 0 Å². The normalized spacial score (nSPS) is 17.0. The van der Waals surface area contributed by atoms with Crippen LogP contribution in [0.25, 0.3) is 0 Å². The molecule has 1 fully saturated rings. The lowest BCUT2D eigenvalue weighted by molar-refractivity contribution is 0.243. The molecule has 3 rings (SSSR count). The Bertz CT molecular complexity index is 636. The molecule has 0 bridgehead atoms. The number of ether oxygens (including phenoxy) is 1. The molecule has 1 aromatic heterocycles. The molecule has 0 amide bonds. The first-order chi connectivity index (χ1) is 11.7. The van der Waals surface area contributed by atoms with Gasteiger partial charge in [0.2, 0.25) is 0 Å². The minimum absolute atomic E-state index is 0.761. The first kappa shape index (κ1) is 17.3. The van der Waals surface area contributed by atoms with Gasteiger partial charge in [0.1, 0.15) is 5.75 Å². The zero-order chi connectivity index (χ0) is 16.9. The first-order valence-electron chi connectivity index (χ1n) is 8.39. The molecule has 1 aliphatic heterocycles. The molecule has 5 nitrogen and oxygen atoms in total. The molecule has 24 heavy (non-hydrogen) atoms. The largest absolute Gasteiger partial charge is 0.497 e. The van der Waals surface area contributed by atoms with E-state index in [0.717, 1.165) is 55.7 Å². The molecule has 0 saturated carbocycles. The monoisotopic (exact) mass is 348 g/mol. The van der Waals surface area contributed by atoms with Gasteiger partial charge in [-0.05, 0) is 37.2 Å². The van der Waals surface area contributed by atoms with E-state index in [1.807, 2.05) is 23.9 Å². The van der Waals surface area contributed by atoms with Crippen LogP contribution >= 0.6 is 11.6 Å². The third-order valence-corrected chi connectivity index (χ3v) is 4.95. The molecule has 130 valence electrons. The van der Waals surface area contributed by atoms with Crippen LogP contribution in [-0.2, 0) is 20.1 Å². The second-order valence-electron chi connectivity index (χ2n) is 6.32. The Hall–Kier alpha value is -1.56. The zero-order valence-electron chi connectivity index (χ0n) is 14.4. The molecule has 2 heterocycles. The average Bonchev–Trinajstić information content (AvgIpc) is 2.78. The van der Waals surface area contributed by atoms with Crippen molar-refractivity contribution in [3.05, 3.63) is 46.7 Å². The Labute approximate surface area is 148 Å². The summed E-state index contributed by atoms with van der Waals surface area (Å²) < 4.78 is 7.10. The summed E-state index contributed by atoms with van der Waals surface area (Å²) in [6.45, 7) is 6.21. The van der Waals surface area contributed by atoms with Gasteiger partial charge in [-0.15, -0.1) is 0 Å². The number of rotatable bonds is 5. The molecule has 0 atom stereocenters. The molecular formula is C18H25ClN4O. The molecule has 1 aliphatic rings. The SMILES string of the molecule is COc1ccc(CN2CCCN(Cc3c(Cl)cnn3C)CC2)cc1. The standard InChI is InChI=1S/C18H25ClN4O/c1-21-18(17(19)12-20-21)14-23-9-3-8-22(10-11-23)13-15-4-6-16(24-2)7-5-15/h4-7,12H,3,8-11,13-14H2,1-2H3. The molecule has 1 aromatic carbocycles. The van der Waals surface area contributed by atoms with Crippen LogP contribution in [0.4, 0.5) is 0 Å². The fourth-order valence-corrected chi connectivity index (χ4v) is 3.38. The number of nitrogens with zero attached hydrogens (tertiary/aromatic N) is 4. The number of hydrogen-bond acceptors (Lipinski definition) is 4. The molecule has 2 aromatic rings. The molecule has 0 spiro atoms. The highest BCUT2D eigenvalue weighted by molar-refractivity contribution is 6.31. The van der Waals surface area contributed by atoms with Gasteiger partial charge in [-0.3, -0.25) is 14.5 Å². The van der Waals surface area contributed by atoms with E-state index in [-0.39, 0.29) is 0 Å². The van der Waals surface area contributed by atoms with Crippen molar-refractivity contribution < 1.29 is 4.74 Å². The molecular weight excluding hydrogens is 324 g/mol. The minimum atomic E-state index is 0.761. The van der Waals surface area contributed by atoms with Gasteiger partial charge in [-0.25, -0.2) is 0 Å². The first-order valence-corrected chi connectivity index (χ1v) is 8.77. The Kier molecular flexibility index (Phi) is 5.76. The van der Waals surface area contributed by atoms with E-state index in [1.165, 1.54) is 12.0 Å². The van der Waals surface area contributed by atoms with Gasteiger partial charge in [-0.1, -0.05) is 23.7 Å². The van der Waals surface area contributed by atoms with Gasteiger partial charge >= 0.3 is 0 Å². The van der Waals surface area contributed by atoms with Crippen LogP contribution in [0.3, 0.4) is 0 Å². The summed E-state index contributed by atoms with van der Waals surface area (Å²) in [6, 6.07) is 8.36. The summed E-state index contributed by atoms with van der Waals surface area (Å²) in [5.74, 6) is 0.911. The lowest BCUT2D eigenvalue weighted by Gasteiger charge is -2.22. The third kappa shape index (κ3) is 4.29. The Morgan fingerprint density at radius 2 is 1.71 bits per heavy atom. The zero-order valence-corrected chi connectivity index (χ0v) is 15.2. The van der Waals surface area contributed by atoms with E-state index in [9.17, 15) is 0 Å². The van der Waals surface area contributed by atoms with Crippen LogP contribution in [0.5, 0.6) is 5.75 Å². The Morgan fingerprint density at radius 3 is 2.29 bits per heavy atom. The molecule has 0 radical (unpaired) electrons. The van der Waals surface area contributed by atoms with E-state index in [4.69, 9.17) is 16.3 Å². The molecule has 0 aliphatic carbocycles. The molecule has 1 saturated heterocycles. The average molecular weight is 349 g/mol. The maximum atomic E-state index is 6.24. The topological polar surface area (TPSA) is 33.5 Å². The van der Waals surface area contributed by atoms with Gasteiger partial charge in [-0.2, -0.15) is 5.10 Å². The summed E-state index contributed by atoms with van der Waals surface area (Å²) in [4.78, 5) is 4.99. The number of halogens is 1. The highest BCUT2D eigenvalue weighted by Crippen LogP contribution is 2.18. The van der Waals surface area contributed by atoms with Crippen LogP contribution in [-0.4, -0.2) is 52.9 Å². The minimum Gasteiger partial charge on any atom is -0.497 e. The van der Waals surface area contributed by atoms with Crippen LogP contribution in [0.15, 0.2) is 30.5 Å². The third-order valence-electron chi connectivity index (χ3n) is 4.63. The lowest BCUT2D eigenvalue weighted by Crippen LogP contribution is -2.30. The van der Waals surface area contributed by atoms with Crippen LogP contribution in [0, 0.1) is 0 Å². The van der Waals surface area contributed by atoms with Crippen LogP contribution in [0.1, 0.15) is 17.7 Å². The van der Waals surface area contributed by atoms with Crippen molar-refractivity contribution in [1.82, 2.24) is 19.6 Å². The van der Waals surface area contributed by atoms with Crippen LogP contribution in [0.2, 0.25) is 5.02 Å². The predicted octanol–water partition coefficient (Wildman–Crippen LogP) is 2.79. The summed E-state index contributed by atoms with van der Waals surface area (Å²) in [5.41, 5.74) is 2.43. The molecule has 0 unspecified atom stereocenters. The van der Waals surface area contributed by atoms with Gasteiger partial charge in [0.25, 0.3) is 0 Å². The Balaban J connectivity index is 1.54. The summed E-state index contributed by atoms with van der Waals surface area (Å²) in [6.07, 6.45) is 2.90. The highest BCUT2D eigenvalue weighted by Gasteiger charge is 2.17. The maximum absolute atomic E-state index is 6.24. The van der Waals surface area contributed by atoms with Gasteiger partial charge in [0.05, 0.1) is 24.0 Å². The second kappa shape index (κ2) is 8.01. The van der Waals surface area contributed by atoms with E-state index in [1.54, 1.807) is 13.3 Å². The highest BCUT2D eigenvalue weighted by atomic mass is 35.5. The second-order valence-corrected chi connectivity index (χ2v) is 6.72. The van der Waals surface area contributed by atoms with Crippen LogP contribution < -0.4 is 4.74 Å². The number of aromatic nitrogens is 2. The van der Waals surface area contributed by atoms with Crippen molar-refractivity contribution in [3.8, 4) is 5.75 Å². The summed E-state index contributed by atoms with van der Waals surface area (Å²) in [5, 5.41) is 4.99. The maximum Gasteiger partial charge on any atom is 0.118 e. The number of hydrogen-bond donors (Lipinski definition) is 0. The van der Waals surface area contributed by atoms with Gasteiger partial charge in [0, 0.05) is 33.2 Å². The molecule has 6 heteroatoms. The van der Waals surface area contributed by atoms with Crippen molar-refractivity contribution in [2.45, 2.75) is 19.5 Å². The van der Waals surface area contributed by atoms with E-state index in [0.29, 0.717) is 0 Å². The van der Waals surface area contributed by atoms with E-state index >= 15 is 0 Å². The van der Waals surface area contributed by atoms with Crippen molar-refractivity contribution in [2.24, 2.45) is 7.05 Å².